The lowest BCUT2D eigenvalue weighted by molar-refractivity contribution is 0.0599. The molecule has 4 aromatic carbocycles. The number of carbonyl (C=O) groups is 2. The third-order valence-electron chi connectivity index (χ3n) is 5.27. The van der Waals surface area contributed by atoms with E-state index in [-0.39, 0.29) is 21.9 Å². The predicted octanol–water partition coefficient (Wildman–Crippen LogP) is 5.44. The van der Waals surface area contributed by atoms with Crippen molar-refractivity contribution in [2.45, 2.75) is 11.8 Å². The molecule has 4 rings (SSSR count). The van der Waals surface area contributed by atoms with E-state index >= 15 is 0 Å². The molecule has 190 valence electrons. The van der Waals surface area contributed by atoms with Crippen LogP contribution < -0.4 is 19.6 Å². The number of hydrogen-bond donors (Lipinski definition) is 2. The second kappa shape index (κ2) is 11.0. The van der Waals surface area contributed by atoms with Crippen LogP contribution in [-0.2, 0) is 14.9 Å². The Bertz CT molecular complexity index is 1550. The van der Waals surface area contributed by atoms with Gasteiger partial charge in [0.25, 0.3) is 0 Å². The van der Waals surface area contributed by atoms with Crippen LogP contribution >= 0.6 is 0 Å². The lowest BCUT2D eigenvalue weighted by atomic mass is 10.1. The largest absolute Gasteiger partial charge is 0.494 e. The number of fused-ring (bicyclic) bond motifs is 1. The molecule has 9 nitrogen and oxygen atoms in total. The van der Waals surface area contributed by atoms with Gasteiger partial charge in [-0.05, 0) is 72.3 Å². The monoisotopic (exact) mass is 520 g/mol. The highest BCUT2D eigenvalue weighted by atomic mass is 32.2. The number of amides is 2. The molecule has 0 unspecified atom stereocenters. The van der Waals surface area contributed by atoms with Crippen molar-refractivity contribution in [1.82, 2.24) is 0 Å². The van der Waals surface area contributed by atoms with Crippen LogP contribution in [0.4, 0.5) is 16.2 Å². The molecule has 0 saturated heterocycles. The Balaban J connectivity index is 1.52. The molecule has 2 amide bonds. The number of urea groups is 1. The zero-order valence-electron chi connectivity index (χ0n) is 20.1. The molecule has 0 fully saturated rings. The Morgan fingerprint density at radius 1 is 0.811 bits per heavy atom. The number of rotatable bonds is 8. The standard InChI is InChI=1S/C27H24N2O7S/c1-3-35-22-11-13-23(14-12-22)37(32,33)36-25-15-10-21(17-24(25)26(30)34-2)29-27(31)28-20-9-8-18-6-4-5-7-19(18)16-20/h4-17H,3H2,1-2H3,(H2,28,29,31). The number of benzene rings is 4. The SMILES string of the molecule is CCOc1ccc(S(=O)(=O)Oc2ccc(NC(=O)Nc3ccc4ccccc4c3)cc2C(=O)OC)cc1. The first-order valence-electron chi connectivity index (χ1n) is 11.3. The second-order valence-corrected chi connectivity index (χ2v) is 9.33. The average molecular weight is 521 g/mol. The number of carbonyl (C=O) groups excluding carboxylic acids is 2. The van der Waals surface area contributed by atoms with Crippen LogP contribution in [0.5, 0.6) is 11.5 Å². The molecule has 0 spiro atoms. The fourth-order valence-corrected chi connectivity index (χ4v) is 4.49. The summed E-state index contributed by atoms with van der Waals surface area (Å²) < 4.78 is 40.9. The van der Waals surface area contributed by atoms with Gasteiger partial charge in [-0.15, -0.1) is 0 Å². The molecule has 0 aromatic heterocycles. The molecule has 0 radical (unpaired) electrons. The van der Waals surface area contributed by atoms with Crippen LogP contribution in [0.3, 0.4) is 0 Å². The minimum atomic E-state index is -4.27. The van der Waals surface area contributed by atoms with Crippen LogP contribution in [0.25, 0.3) is 10.8 Å². The smallest absolute Gasteiger partial charge is 0.341 e. The molecule has 0 bridgehead atoms. The maximum absolute atomic E-state index is 12.8. The Kier molecular flexibility index (Phi) is 7.59. The highest BCUT2D eigenvalue weighted by Crippen LogP contribution is 2.28. The van der Waals surface area contributed by atoms with Gasteiger partial charge in [-0.2, -0.15) is 8.42 Å². The number of esters is 1. The van der Waals surface area contributed by atoms with E-state index in [1.807, 2.05) is 43.3 Å². The van der Waals surface area contributed by atoms with E-state index in [9.17, 15) is 18.0 Å². The number of ether oxygens (including phenoxy) is 2. The molecule has 37 heavy (non-hydrogen) atoms. The van der Waals surface area contributed by atoms with Crippen molar-refractivity contribution in [3.05, 3.63) is 90.5 Å². The average Bonchev–Trinajstić information content (AvgIpc) is 2.89. The van der Waals surface area contributed by atoms with E-state index in [1.54, 1.807) is 6.07 Å². The van der Waals surface area contributed by atoms with Gasteiger partial charge in [0.2, 0.25) is 0 Å². The summed E-state index contributed by atoms with van der Waals surface area (Å²) in [6.45, 7) is 2.25. The van der Waals surface area contributed by atoms with Crippen molar-refractivity contribution in [3.63, 3.8) is 0 Å². The van der Waals surface area contributed by atoms with Gasteiger partial charge in [0.15, 0.2) is 5.75 Å². The first-order chi connectivity index (χ1) is 17.8. The number of methoxy groups -OCH3 is 1. The number of hydrogen-bond acceptors (Lipinski definition) is 7. The Morgan fingerprint density at radius 3 is 2.14 bits per heavy atom. The van der Waals surface area contributed by atoms with Crippen LogP contribution in [0, 0.1) is 0 Å². The lowest BCUT2D eigenvalue weighted by Gasteiger charge is -2.13. The van der Waals surface area contributed by atoms with Gasteiger partial charge in [0.1, 0.15) is 16.2 Å². The van der Waals surface area contributed by atoms with Crippen molar-refractivity contribution < 1.29 is 31.7 Å². The Hall–Kier alpha value is -4.57. The molecule has 0 saturated carbocycles. The van der Waals surface area contributed by atoms with Crippen molar-refractivity contribution in [1.29, 1.82) is 0 Å². The summed E-state index contributed by atoms with van der Waals surface area (Å²) in [6.07, 6.45) is 0. The van der Waals surface area contributed by atoms with Crippen molar-refractivity contribution >= 4 is 44.3 Å². The highest BCUT2D eigenvalue weighted by Gasteiger charge is 2.22. The van der Waals surface area contributed by atoms with Gasteiger partial charge in [-0.1, -0.05) is 30.3 Å². The molecule has 0 aliphatic carbocycles. The first-order valence-corrected chi connectivity index (χ1v) is 12.7. The molecule has 10 heteroatoms. The summed E-state index contributed by atoms with van der Waals surface area (Å²) in [5.41, 5.74) is 0.621. The highest BCUT2D eigenvalue weighted by molar-refractivity contribution is 7.87. The fourth-order valence-electron chi connectivity index (χ4n) is 3.55. The van der Waals surface area contributed by atoms with Crippen LogP contribution in [0.15, 0.2) is 89.8 Å². The molecule has 4 aromatic rings. The molecular formula is C27H24N2O7S. The van der Waals surface area contributed by atoms with Crippen molar-refractivity contribution in [2.75, 3.05) is 24.4 Å². The van der Waals surface area contributed by atoms with Crippen molar-refractivity contribution in [2.24, 2.45) is 0 Å². The topological polar surface area (TPSA) is 120 Å². The normalized spacial score (nSPS) is 11.0. The third-order valence-corrected chi connectivity index (χ3v) is 6.52. The summed E-state index contributed by atoms with van der Waals surface area (Å²) in [5.74, 6) is -0.578. The van der Waals surface area contributed by atoms with E-state index in [1.165, 1.54) is 42.5 Å². The summed E-state index contributed by atoms with van der Waals surface area (Å²) in [6, 6.07) is 22.3. The zero-order valence-corrected chi connectivity index (χ0v) is 20.9. The minimum absolute atomic E-state index is 0.122. The van der Waals surface area contributed by atoms with Gasteiger partial charge >= 0.3 is 22.1 Å². The summed E-state index contributed by atoms with van der Waals surface area (Å²) >= 11 is 0. The Morgan fingerprint density at radius 2 is 1.46 bits per heavy atom. The van der Waals surface area contributed by atoms with E-state index in [0.717, 1.165) is 17.9 Å². The van der Waals surface area contributed by atoms with Crippen molar-refractivity contribution in [3.8, 4) is 11.5 Å². The fraction of sp³-hybridized carbons (Fsp3) is 0.111. The molecule has 0 aliphatic rings. The molecular weight excluding hydrogens is 496 g/mol. The molecule has 0 aliphatic heterocycles. The molecule has 0 heterocycles. The van der Waals surface area contributed by atoms with E-state index in [0.29, 0.717) is 18.0 Å². The summed E-state index contributed by atoms with van der Waals surface area (Å²) in [7, 11) is -3.11. The molecule has 2 N–H and O–H groups in total. The lowest BCUT2D eigenvalue weighted by Crippen LogP contribution is -2.20. The second-order valence-electron chi connectivity index (χ2n) is 7.79. The van der Waals surface area contributed by atoms with Gasteiger partial charge < -0.3 is 24.3 Å². The maximum Gasteiger partial charge on any atom is 0.341 e. The summed E-state index contributed by atoms with van der Waals surface area (Å²) in [5, 5.41) is 7.35. The van der Waals surface area contributed by atoms with Gasteiger partial charge in [0.05, 0.1) is 13.7 Å². The summed E-state index contributed by atoms with van der Waals surface area (Å²) in [4.78, 5) is 24.8. The maximum atomic E-state index is 12.8. The van der Waals surface area contributed by atoms with E-state index in [4.69, 9.17) is 13.7 Å². The third kappa shape index (κ3) is 6.17. The minimum Gasteiger partial charge on any atom is -0.494 e. The van der Waals surface area contributed by atoms with Gasteiger partial charge in [0, 0.05) is 11.4 Å². The first kappa shape index (κ1) is 25.5. The van der Waals surface area contributed by atoms with E-state index < -0.39 is 22.1 Å². The number of anilines is 2. The zero-order chi connectivity index (χ0) is 26.4. The van der Waals surface area contributed by atoms with E-state index in [2.05, 4.69) is 10.6 Å². The van der Waals surface area contributed by atoms with Crippen LogP contribution in [-0.4, -0.2) is 34.1 Å². The molecule has 0 atom stereocenters. The van der Waals surface area contributed by atoms with Gasteiger partial charge in [-0.25, -0.2) is 9.59 Å². The number of nitrogens with one attached hydrogen (secondary N) is 2. The van der Waals surface area contributed by atoms with Crippen LogP contribution in [0.1, 0.15) is 17.3 Å². The van der Waals surface area contributed by atoms with Gasteiger partial charge in [-0.3, -0.25) is 0 Å². The quantitative estimate of drug-likeness (QED) is 0.235. The predicted molar refractivity (Wildman–Crippen MR) is 140 cm³/mol. The Labute approximate surface area is 214 Å². The van der Waals surface area contributed by atoms with Crippen LogP contribution in [0.2, 0.25) is 0 Å².